The van der Waals surface area contributed by atoms with Crippen LogP contribution in [0.15, 0.2) is 60.7 Å². The second-order valence-electron chi connectivity index (χ2n) is 7.53. The molecule has 1 aliphatic heterocycles. The SMILES string of the molecule is CC(C)[C@@]1(c2ccccc2)C[C@@H]1C(=O)N1C(=O)OCC1c1ccccc1. The van der Waals surface area contributed by atoms with E-state index >= 15 is 0 Å². The highest BCUT2D eigenvalue weighted by atomic mass is 16.6. The van der Waals surface area contributed by atoms with Crippen molar-refractivity contribution in [3.05, 3.63) is 71.8 Å². The maximum atomic E-state index is 13.3. The van der Waals surface area contributed by atoms with E-state index in [1.807, 2.05) is 48.5 Å². The maximum Gasteiger partial charge on any atom is 0.417 e. The number of ether oxygens (including phenoxy) is 1. The minimum atomic E-state index is -0.526. The lowest BCUT2D eigenvalue weighted by atomic mass is 9.82. The third-order valence-corrected chi connectivity index (χ3v) is 5.94. The molecule has 2 aliphatic rings. The van der Waals surface area contributed by atoms with E-state index in [2.05, 4.69) is 26.0 Å². The van der Waals surface area contributed by atoms with E-state index in [1.165, 1.54) is 10.5 Å². The molecule has 134 valence electrons. The van der Waals surface area contributed by atoms with Crippen LogP contribution in [0.5, 0.6) is 0 Å². The first kappa shape index (κ1) is 16.8. The Morgan fingerprint density at radius 3 is 2.31 bits per heavy atom. The van der Waals surface area contributed by atoms with E-state index in [-0.39, 0.29) is 29.9 Å². The number of rotatable bonds is 4. The molecule has 0 radical (unpaired) electrons. The number of hydrogen-bond donors (Lipinski definition) is 0. The van der Waals surface area contributed by atoms with Crippen LogP contribution < -0.4 is 0 Å². The summed E-state index contributed by atoms with van der Waals surface area (Å²) in [6.45, 7) is 4.52. The smallest absolute Gasteiger partial charge is 0.417 e. The molecule has 26 heavy (non-hydrogen) atoms. The molecule has 4 nitrogen and oxygen atoms in total. The molecular weight excluding hydrogens is 326 g/mol. The van der Waals surface area contributed by atoms with E-state index in [9.17, 15) is 9.59 Å². The van der Waals surface area contributed by atoms with Crippen molar-refractivity contribution in [1.29, 1.82) is 0 Å². The maximum absolute atomic E-state index is 13.3. The Kier molecular flexibility index (Phi) is 4.06. The lowest BCUT2D eigenvalue weighted by Crippen LogP contribution is -2.37. The predicted octanol–water partition coefficient (Wildman–Crippen LogP) is 4.32. The molecule has 0 bridgehead atoms. The summed E-state index contributed by atoms with van der Waals surface area (Å²) >= 11 is 0. The molecule has 0 spiro atoms. The van der Waals surface area contributed by atoms with Crippen LogP contribution in [-0.2, 0) is 14.9 Å². The van der Waals surface area contributed by atoms with Crippen molar-refractivity contribution in [1.82, 2.24) is 4.90 Å². The summed E-state index contributed by atoms with van der Waals surface area (Å²) in [7, 11) is 0. The fourth-order valence-electron chi connectivity index (χ4n) is 4.38. The fraction of sp³-hybridized carbons (Fsp3) is 0.364. The number of nitrogens with zero attached hydrogens (tertiary/aromatic N) is 1. The third-order valence-electron chi connectivity index (χ3n) is 5.94. The highest BCUT2D eigenvalue weighted by Gasteiger charge is 2.63. The van der Waals surface area contributed by atoms with Crippen molar-refractivity contribution in [3.63, 3.8) is 0 Å². The highest BCUT2D eigenvalue weighted by molar-refractivity contribution is 5.97. The first-order valence-electron chi connectivity index (χ1n) is 9.16. The van der Waals surface area contributed by atoms with Crippen molar-refractivity contribution in [2.24, 2.45) is 11.8 Å². The number of benzene rings is 2. The minimum absolute atomic E-state index is 0.112. The first-order chi connectivity index (χ1) is 12.6. The molecule has 2 aromatic carbocycles. The first-order valence-corrected chi connectivity index (χ1v) is 9.16. The number of carbonyl (C=O) groups is 2. The normalized spacial score (nSPS) is 27.5. The number of imide groups is 1. The van der Waals surface area contributed by atoms with Gasteiger partial charge in [-0.3, -0.25) is 4.79 Å². The molecule has 1 heterocycles. The van der Waals surface area contributed by atoms with Crippen molar-refractivity contribution in [2.45, 2.75) is 31.7 Å². The molecule has 1 saturated heterocycles. The summed E-state index contributed by atoms with van der Waals surface area (Å²) in [5, 5.41) is 0. The molecule has 3 atom stereocenters. The average molecular weight is 349 g/mol. The van der Waals surface area contributed by atoms with Crippen LogP contribution in [-0.4, -0.2) is 23.5 Å². The zero-order valence-electron chi connectivity index (χ0n) is 15.1. The average Bonchev–Trinajstić information content (AvgIpc) is 3.33. The van der Waals surface area contributed by atoms with Crippen LogP contribution in [0.1, 0.15) is 37.4 Å². The zero-order valence-corrected chi connectivity index (χ0v) is 15.1. The van der Waals surface area contributed by atoms with Gasteiger partial charge >= 0.3 is 6.09 Å². The van der Waals surface area contributed by atoms with Gasteiger partial charge in [0.05, 0.1) is 0 Å². The molecule has 4 rings (SSSR count). The summed E-state index contributed by atoms with van der Waals surface area (Å²) in [5.74, 6) is 0.0216. The number of hydrogen-bond acceptors (Lipinski definition) is 3. The molecule has 0 N–H and O–H groups in total. The molecule has 0 aromatic heterocycles. The summed E-state index contributed by atoms with van der Waals surface area (Å²) in [4.78, 5) is 27.0. The molecule has 1 saturated carbocycles. The minimum Gasteiger partial charge on any atom is -0.446 e. The van der Waals surface area contributed by atoms with Crippen LogP contribution >= 0.6 is 0 Å². The standard InChI is InChI=1S/C22H23NO3/c1-15(2)22(17-11-7-4-8-12-17)13-18(22)20(24)23-19(14-26-21(23)25)16-9-5-3-6-10-16/h3-12,15,18-19H,13-14H2,1-2H3/t18-,19?,22-/m1/s1. The molecule has 2 aromatic rings. The van der Waals surface area contributed by atoms with E-state index in [0.29, 0.717) is 5.92 Å². The zero-order chi connectivity index (χ0) is 18.3. The van der Waals surface area contributed by atoms with Gasteiger partial charge in [0.15, 0.2) is 0 Å². The molecule has 1 aliphatic carbocycles. The summed E-state index contributed by atoms with van der Waals surface area (Å²) < 4.78 is 5.23. The van der Waals surface area contributed by atoms with Crippen LogP contribution in [0.2, 0.25) is 0 Å². The second-order valence-corrected chi connectivity index (χ2v) is 7.53. The van der Waals surface area contributed by atoms with Gasteiger partial charge in [-0.25, -0.2) is 9.69 Å². The molecular formula is C22H23NO3. The highest BCUT2D eigenvalue weighted by Crippen LogP contribution is 2.60. The fourth-order valence-corrected chi connectivity index (χ4v) is 4.38. The van der Waals surface area contributed by atoms with Crippen molar-refractivity contribution in [2.75, 3.05) is 6.61 Å². The molecule has 2 fully saturated rings. The second kappa shape index (κ2) is 6.27. The van der Waals surface area contributed by atoms with Crippen LogP contribution in [0.4, 0.5) is 4.79 Å². The van der Waals surface area contributed by atoms with E-state index in [0.717, 1.165) is 12.0 Å². The van der Waals surface area contributed by atoms with Gasteiger partial charge in [-0.2, -0.15) is 0 Å². The van der Waals surface area contributed by atoms with Crippen LogP contribution in [0.25, 0.3) is 0 Å². The summed E-state index contributed by atoms with van der Waals surface area (Å²) in [5.41, 5.74) is 1.92. The van der Waals surface area contributed by atoms with Crippen molar-refractivity contribution < 1.29 is 14.3 Å². The monoisotopic (exact) mass is 349 g/mol. The number of amides is 2. The van der Waals surface area contributed by atoms with Gasteiger partial charge in [-0.15, -0.1) is 0 Å². The van der Waals surface area contributed by atoms with Gasteiger partial charge < -0.3 is 4.74 Å². The lowest BCUT2D eigenvalue weighted by molar-refractivity contribution is -0.131. The molecule has 4 heteroatoms. The predicted molar refractivity (Wildman–Crippen MR) is 98.4 cm³/mol. The van der Waals surface area contributed by atoms with Crippen LogP contribution in [0, 0.1) is 11.8 Å². The Morgan fingerprint density at radius 2 is 1.69 bits per heavy atom. The summed E-state index contributed by atoms with van der Waals surface area (Å²) in [6, 6.07) is 19.5. The van der Waals surface area contributed by atoms with Gasteiger partial charge in [0.2, 0.25) is 5.91 Å². The summed E-state index contributed by atoms with van der Waals surface area (Å²) in [6.07, 6.45) is 0.250. The topological polar surface area (TPSA) is 46.6 Å². The lowest BCUT2D eigenvalue weighted by Gasteiger charge is -2.25. The Morgan fingerprint density at radius 1 is 1.08 bits per heavy atom. The Labute approximate surface area is 153 Å². The van der Waals surface area contributed by atoms with E-state index in [1.54, 1.807) is 0 Å². The van der Waals surface area contributed by atoms with Gasteiger partial charge in [0.1, 0.15) is 12.6 Å². The van der Waals surface area contributed by atoms with Crippen LogP contribution in [0.3, 0.4) is 0 Å². The Bertz CT molecular complexity index is 818. The van der Waals surface area contributed by atoms with Crippen molar-refractivity contribution in [3.8, 4) is 0 Å². The quantitative estimate of drug-likeness (QED) is 0.826. The largest absolute Gasteiger partial charge is 0.446 e. The van der Waals surface area contributed by atoms with E-state index < -0.39 is 6.09 Å². The van der Waals surface area contributed by atoms with Gasteiger partial charge in [0.25, 0.3) is 0 Å². The van der Waals surface area contributed by atoms with Gasteiger partial charge in [-0.1, -0.05) is 74.5 Å². The van der Waals surface area contributed by atoms with Gasteiger partial charge in [0, 0.05) is 11.3 Å². The van der Waals surface area contributed by atoms with Crippen molar-refractivity contribution >= 4 is 12.0 Å². The van der Waals surface area contributed by atoms with E-state index in [4.69, 9.17) is 4.74 Å². The molecule has 2 amide bonds. The van der Waals surface area contributed by atoms with Gasteiger partial charge in [-0.05, 0) is 23.5 Å². The Hall–Kier alpha value is -2.62. The number of cyclic esters (lactones) is 1. The third kappa shape index (κ3) is 2.52. The Balaban J connectivity index is 1.64. The molecule has 1 unspecified atom stereocenters. The number of carbonyl (C=O) groups excluding carboxylic acids is 2.